The second kappa shape index (κ2) is 9.33. The number of piperidine rings is 1. The molecule has 4 aromatic rings. The molecule has 0 radical (unpaired) electrons. The minimum atomic E-state index is 0.290. The van der Waals surface area contributed by atoms with E-state index in [4.69, 9.17) is 9.47 Å². The van der Waals surface area contributed by atoms with Crippen LogP contribution in [0.2, 0.25) is 0 Å². The highest BCUT2D eigenvalue weighted by molar-refractivity contribution is 5.88. The van der Waals surface area contributed by atoms with E-state index in [1.54, 1.807) is 14.2 Å². The summed E-state index contributed by atoms with van der Waals surface area (Å²) in [7, 11) is 3.55. The third kappa shape index (κ3) is 4.24. The maximum absolute atomic E-state index is 5.82. The van der Waals surface area contributed by atoms with Crippen LogP contribution in [0.1, 0.15) is 35.6 Å². The number of hydrogen-bond acceptors (Lipinski definition) is 6. The van der Waals surface area contributed by atoms with E-state index < -0.39 is 0 Å². The Bertz CT molecular complexity index is 1200. The number of aromatic amines is 2. The molecule has 5 rings (SSSR count). The summed E-state index contributed by atoms with van der Waals surface area (Å²) in [6.07, 6.45) is 4.19. The van der Waals surface area contributed by atoms with E-state index >= 15 is 0 Å². The van der Waals surface area contributed by atoms with Crippen LogP contribution in [-0.2, 0) is 11.3 Å². The molecule has 3 heterocycles. The van der Waals surface area contributed by atoms with Crippen LogP contribution in [0, 0.1) is 12.8 Å². The summed E-state index contributed by atoms with van der Waals surface area (Å²) < 4.78 is 11.3. The predicted molar refractivity (Wildman–Crippen MR) is 127 cm³/mol. The maximum atomic E-state index is 5.82. The molecule has 0 aliphatic carbocycles. The topological polar surface area (TPSA) is 92.0 Å². The van der Waals surface area contributed by atoms with Gasteiger partial charge < -0.3 is 14.5 Å². The molecular weight excluding hydrogens is 416 g/mol. The second-order valence-electron chi connectivity index (χ2n) is 8.83. The van der Waals surface area contributed by atoms with Crippen LogP contribution in [0.4, 0.5) is 0 Å². The number of nitrogens with zero attached hydrogens (tertiary/aromatic N) is 4. The molecule has 2 N–H and O–H groups in total. The number of ether oxygens (including phenoxy) is 2. The molecule has 1 saturated heterocycles. The summed E-state index contributed by atoms with van der Waals surface area (Å²) in [6.45, 7) is 4.75. The molecule has 1 aliphatic heterocycles. The third-order valence-electron chi connectivity index (χ3n) is 6.82. The number of tetrazole rings is 1. The number of nitrogens with one attached hydrogen (secondary N) is 2. The number of hydrogen-bond donors (Lipinski definition) is 2. The molecule has 2 aromatic heterocycles. The highest BCUT2D eigenvalue weighted by Gasteiger charge is 2.31. The van der Waals surface area contributed by atoms with Gasteiger partial charge in [-0.15, -0.1) is 10.2 Å². The van der Waals surface area contributed by atoms with Crippen molar-refractivity contribution in [1.29, 1.82) is 0 Å². The van der Waals surface area contributed by atoms with Crippen LogP contribution in [-0.4, -0.2) is 57.9 Å². The van der Waals surface area contributed by atoms with Crippen molar-refractivity contribution in [2.45, 2.75) is 32.4 Å². The molecular formula is C25H30N6O2. The lowest BCUT2D eigenvalue weighted by Gasteiger charge is -2.40. The van der Waals surface area contributed by atoms with Gasteiger partial charge in [-0.05, 0) is 60.7 Å². The molecule has 0 amide bonds. The number of aryl methyl sites for hydroxylation is 1. The van der Waals surface area contributed by atoms with Crippen LogP contribution in [0.3, 0.4) is 0 Å². The van der Waals surface area contributed by atoms with Gasteiger partial charge in [0.1, 0.15) is 5.75 Å². The van der Waals surface area contributed by atoms with Crippen LogP contribution < -0.4 is 4.74 Å². The van der Waals surface area contributed by atoms with Gasteiger partial charge in [-0.2, -0.15) is 5.21 Å². The summed E-state index contributed by atoms with van der Waals surface area (Å²) in [5.41, 5.74) is 5.86. The Kier molecular flexibility index (Phi) is 6.11. The number of likely N-dealkylation sites (tertiary alicyclic amines) is 1. The van der Waals surface area contributed by atoms with Crippen LogP contribution in [0.25, 0.3) is 22.3 Å². The highest BCUT2D eigenvalue weighted by atomic mass is 16.5. The van der Waals surface area contributed by atoms with E-state index in [1.165, 1.54) is 27.6 Å². The molecule has 1 fully saturated rings. The first-order valence-electron chi connectivity index (χ1n) is 11.4. The average molecular weight is 447 g/mol. The first-order valence-corrected chi connectivity index (χ1v) is 11.4. The summed E-state index contributed by atoms with van der Waals surface area (Å²) >= 11 is 0. The SMILES string of the molecule is COCC1CCN(Cc2c(OC)cc(C)c3[nH]ccc23)[C@H](c2ccc(-c3nn[nH]n3)cc2)C1. The van der Waals surface area contributed by atoms with Gasteiger partial charge in [-0.1, -0.05) is 24.3 Å². The molecule has 1 unspecified atom stereocenters. The van der Waals surface area contributed by atoms with E-state index in [-0.39, 0.29) is 0 Å². The number of H-pyrrole nitrogens is 2. The largest absolute Gasteiger partial charge is 0.496 e. The highest BCUT2D eigenvalue weighted by Crippen LogP contribution is 2.39. The minimum Gasteiger partial charge on any atom is -0.496 e. The van der Waals surface area contributed by atoms with E-state index in [0.717, 1.165) is 43.9 Å². The summed E-state index contributed by atoms with van der Waals surface area (Å²) in [5.74, 6) is 2.10. The van der Waals surface area contributed by atoms with Gasteiger partial charge >= 0.3 is 0 Å². The Morgan fingerprint density at radius 1 is 1.15 bits per heavy atom. The summed E-state index contributed by atoms with van der Waals surface area (Å²) in [5, 5.41) is 15.6. The van der Waals surface area contributed by atoms with Crippen molar-refractivity contribution in [3.8, 4) is 17.1 Å². The van der Waals surface area contributed by atoms with Gasteiger partial charge in [0.2, 0.25) is 5.82 Å². The van der Waals surface area contributed by atoms with Gasteiger partial charge in [-0.25, -0.2) is 0 Å². The fraction of sp³-hybridized carbons (Fsp3) is 0.400. The molecule has 8 heteroatoms. The van der Waals surface area contributed by atoms with E-state index in [0.29, 0.717) is 17.8 Å². The Morgan fingerprint density at radius 2 is 2.00 bits per heavy atom. The molecule has 2 aromatic carbocycles. The molecule has 8 nitrogen and oxygen atoms in total. The molecule has 172 valence electrons. The van der Waals surface area contributed by atoms with Crippen LogP contribution in [0.5, 0.6) is 5.75 Å². The van der Waals surface area contributed by atoms with Crippen LogP contribution >= 0.6 is 0 Å². The van der Waals surface area contributed by atoms with Crippen molar-refractivity contribution in [3.05, 3.63) is 59.3 Å². The molecule has 1 aliphatic rings. The second-order valence-corrected chi connectivity index (χ2v) is 8.83. The first-order chi connectivity index (χ1) is 16.2. The van der Waals surface area contributed by atoms with Crippen molar-refractivity contribution in [1.82, 2.24) is 30.5 Å². The lowest BCUT2D eigenvalue weighted by molar-refractivity contribution is 0.0580. The smallest absolute Gasteiger partial charge is 0.204 e. The van der Waals surface area contributed by atoms with Gasteiger partial charge in [0.15, 0.2) is 0 Å². The van der Waals surface area contributed by atoms with Crippen molar-refractivity contribution in [2.75, 3.05) is 27.4 Å². The van der Waals surface area contributed by atoms with Crippen molar-refractivity contribution < 1.29 is 9.47 Å². The zero-order valence-electron chi connectivity index (χ0n) is 19.3. The van der Waals surface area contributed by atoms with Gasteiger partial charge in [0.25, 0.3) is 0 Å². The summed E-state index contributed by atoms with van der Waals surface area (Å²) in [4.78, 5) is 5.97. The lowest BCUT2D eigenvalue weighted by Crippen LogP contribution is -2.37. The Balaban J connectivity index is 1.48. The van der Waals surface area contributed by atoms with Crippen molar-refractivity contribution in [2.24, 2.45) is 5.92 Å². The number of fused-ring (bicyclic) bond motifs is 1. The molecule has 0 saturated carbocycles. The number of aromatic nitrogens is 5. The zero-order valence-corrected chi connectivity index (χ0v) is 19.3. The van der Waals surface area contributed by atoms with Gasteiger partial charge in [0, 0.05) is 54.5 Å². The minimum absolute atomic E-state index is 0.290. The van der Waals surface area contributed by atoms with Crippen molar-refractivity contribution >= 4 is 10.9 Å². The maximum Gasteiger partial charge on any atom is 0.204 e. The predicted octanol–water partition coefficient (Wildman–Crippen LogP) is 4.26. The molecule has 2 atom stereocenters. The van der Waals surface area contributed by atoms with E-state index in [2.05, 4.69) is 73.8 Å². The number of benzene rings is 2. The molecule has 0 spiro atoms. The van der Waals surface area contributed by atoms with E-state index in [9.17, 15) is 0 Å². The Labute approximate surface area is 193 Å². The van der Waals surface area contributed by atoms with Gasteiger partial charge in [0.05, 0.1) is 7.11 Å². The zero-order chi connectivity index (χ0) is 22.8. The quantitative estimate of drug-likeness (QED) is 0.441. The van der Waals surface area contributed by atoms with Crippen molar-refractivity contribution in [3.63, 3.8) is 0 Å². The number of methoxy groups -OCH3 is 2. The Hall–Kier alpha value is -3.23. The standard InChI is InChI=1S/C25H30N6O2/c1-16-12-23(33-3)21(20-8-10-26-24(16)20)14-31-11-9-17(15-32-2)13-22(31)18-4-6-19(7-5-18)25-27-29-30-28-25/h4-8,10,12,17,22,26H,9,11,13-15H2,1-3H3,(H,27,28,29,30)/t17?,22-/m0/s1. The number of rotatable bonds is 7. The summed E-state index contributed by atoms with van der Waals surface area (Å²) in [6, 6.07) is 13.1. The van der Waals surface area contributed by atoms with E-state index in [1.807, 2.05) is 6.20 Å². The Morgan fingerprint density at radius 3 is 2.73 bits per heavy atom. The average Bonchev–Trinajstić information content (AvgIpc) is 3.55. The fourth-order valence-corrected chi connectivity index (χ4v) is 5.13. The van der Waals surface area contributed by atoms with Crippen LogP contribution in [0.15, 0.2) is 42.6 Å². The molecule has 33 heavy (non-hydrogen) atoms. The monoisotopic (exact) mass is 446 g/mol. The third-order valence-corrected chi connectivity index (χ3v) is 6.82. The first kappa shape index (κ1) is 21.6. The normalized spacial score (nSPS) is 19.2. The fourth-order valence-electron chi connectivity index (χ4n) is 5.13. The lowest BCUT2D eigenvalue weighted by atomic mass is 9.86. The van der Waals surface area contributed by atoms with Gasteiger partial charge in [-0.3, -0.25) is 4.90 Å². The molecule has 0 bridgehead atoms.